The van der Waals surface area contributed by atoms with E-state index in [0.717, 1.165) is 5.56 Å². The molecular weight excluding hydrogens is 407 g/mol. The first-order valence-electron chi connectivity index (χ1n) is 11.0. The Labute approximate surface area is 189 Å². The summed E-state index contributed by atoms with van der Waals surface area (Å²) in [5.41, 5.74) is 2.05. The van der Waals surface area contributed by atoms with E-state index in [2.05, 4.69) is 13.8 Å². The third kappa shape index (κ3) is 5.42. The number of halogens is 1. The molecule has 32 heavy (non-hydrogen) atoms. The molecule has 0 N–H and O–H groups in total. The average molecular weight is 439 g/mol. The second kappa shape index (κ2) is 9.23. The summed E-state index contributed by atoms with van der Waals surface area (Å²) in [7, 11) is 0. The molecule has 5 nitrogen and oxygen atoms in total. The first-order valence-corrected chi connectivity index (χ1v) is 11.0. The zero-order chi connectivity index (χ0) is 23.6. The molecule has 1 atom stereocenters. The van der Waals surface area contributed by atoms with Gasteiger partial charge in [-0.3, -0.25) is 14.4 Å². The van der Waals surface area contributed by atoms with Gasteiger partial charge >= 0.3 is 0 Å². The standard InChI is InChI=1S/C26H31FN2O3/c1-17(2)19-8-12-21(13-9-19)29-23(30)14-22(25(29)32)28(24(31)15-26(3,4)5)16-18-6-10-20(27)11-7-18/h6-13,17,22H,14-16H2,1-5H3. The second-order valence-electron chi connectivity index (χ2n) is 9.92. The minimum Gasteiger partial charge on any atom is -0.326 e. The van der Waals surface area contributed by atoms with Gasteiger partial charge in [0.2, 0.25) is 11.8 Å². The highest BCUT2D eigenvalue weighted by Gasteiger charge is 2.44. The lowest BCUT2D eigenvalue weighted by molar-refractivity contribution is -0.140. The van der Waals surface area contributed by atoms with Crippen molar-refractivity contribution in [1.29, 1.82) is 0 Å². The van der Waals surface area contributed by atoms with E-state index in [-0.39, 0.29) is 42.4 Å². The van der Waals surface area contributed by atoms with E-state index in [1.54, 1.807) is 24.3 Å². The zero-order valence-corrected chi connectivity index (χ0v) is 19.4. The van der Waals surface area contributed by atoms with Gasteiger partial charge in [0.1, 0.15) is 11.9 Å². The fourth-order valence-electron chi connectivity index (χ4n) is 3.85. The molecule has 1 aliphatic rings. The molecule has 6 heteroatoms. The van der Waals surface area contributed by atoms with Crippen LogP contribution in [-0.2, 0) is 20.9 Å². The monoisotopic (exact) mass is 438 g/mol. The molecule has 0 aromatic heterocycles. The molecule has 1 saturated heterocycles. The molecular formula is C26H31FN2O3. The normalized spacial score (nSPS) is 16.7. The highest BCUT2D eigenvalue weighted by atomic mass is 19.1. The third-order valence-electron chi connectivity index (χ3n) is 5.59. The number of carbonyl (C=O) groups is 3. The summed E-state index contributed by atoms with van der Waals surface area (Å²) in [5, 5.41) is 0. The summed E-state index contributed by atoms with van der Waals surface area (Å²) in [6, 6.07) is 12.3. The van der Waals surface area contributed by atoms with Crippen molar-refractivity contribution < 1.29 is 18.8 Å². The Morgan fingerprint density at radius 3 is 2.19 bits per heavy atom. The number of amides is 3. The van der Waals surface area contributed by atoms with E-state index < -0.39 is 11.9 Å². The van der Waals surface area contributed by atoms with Crippen molar-refractivity contribution >= 4 is 23.4 Å². The van der Waals surface area contributed by atoms with Crippen LogP contribution < -0.4 is 4.90 Å². The molecule has 1 heterocycles. The van der Waals surface area contributed by atoms with Crippen LogP contribution in [0, 0.1) is 11.2 Å². The lowest BCUT2D eigenvalue weighted by Crippen LogP contribution is -2.46. The largest absolute Gasteiger partial charge is 0.326 e. The minimum atomic E-state index is -0.882. The summed E-state index contributed by atoms with van der Waals surface area (Å²) in [5.74, 6) is -0.973. The van der Waals surface area contributed by atoms with Gasteiger partial charge in [0.05, 0.1) is 12.1 Å². The van der Waals surface area contributed by atoms with Crippen LogP contribution in [0.5, 0.6) is 0 Å². The molecule has 170 valence electrons. The van der Waals surface area contributed by atoms with Crippen molar-refractivity contribution in [3.63, 3.8) is 0 Å². The van der Waals surface area contributed by atoms with Crippen LogP contribution in [0.15, 0.2) is 48.5 Å². The van der Waals surface area contributed by atoms with E-state index in [0.29, 0.717) is 17.2 Å². The first kappa shape index (κ1) is 23.6. The third-order valence-corrected chi connectivity index (χ3v) is 5.59. The molecule has 1 fully saturated rings. The smallest absolute Gasteiger partial charge is 0.257 e. The van der Waals surface area contributed by atoms with Crippen molar-refractivity contribution in [1.82, 2.24) is 4.90 Å². The maximum Gasteiger partial charge on any atom is 0.257 e. The Balaban J connectivity index is 1.89. The van der Waals surface area contributed by atoms with Gasteiger partial charge in [0, 0.05) is 13.0 Å². The summed E-state index contributed by atoms with van der Waals surface area (Å²) in [4.78, 5) is 42.0. The van der Waals surface area contributed by atoms with Crippen LogP contribution in [0.2, 0.25) is 0 Å². The van der Waals surface area contributed by atoms with Crippen LogP contribution >= 0.6 is 0 Å². The Morgan fingerprint density at radius 1 is 1.06 bits per heavy atom. The molecule has 0 saturated carbocycles. The lowest BCUT2D eigenvalue weighted by atomic mass is 9.91. The predicted octanol–water partition coefficient (Wildman–Crippen LogP) is 5.05. The fourth-order valence-corrected chi connectivity index (χ4v) is 3.85. The van der Waals surface area contributed by atoms with Crippen molar-refractivity contribution in [2.75, 3.05) is 4.90 Å². The van der Waals surface area contributed by atoms with Gasteiger partial charge in [-0.05, 0) is 46.7 Å². The van der Waals surface area contributed by atoms with E-state index in [4.69, 9.17) is 0 Å². The quantitative estimate of drug-likeness (QED) is 0.594. The zero-order valence-electron chi connectivity index (χ0n) is 19.4. The summed E-state index contributed by atoms with van der Waals surface area (Å²) in [6.45, 7) is 10.1. The van der Waals surface area contributed by atoms with Crippen LogP contribution in [0.3, 0.4) is 0 Å². The molecule has 1 unspecified atom stereocenters. The molecule has 0 aliphatic carbocycles. The molecule has 0 bridgehead atoms. The summed E-state index contributed by atoms with van der Waals surface area (Å²) in [6.07, 6.45) is 0.164. The second-order valence-corrected chi connectivity index (χ2v) is 9.92. The van der Waals surface area contributed by atoms with Crippen molar-refractivity contribution in [3.05, 3.63) is 65.5 Å². The number of anilines is 1. The van der Waals surface area contributed by atoms with Gasteiger partial charge in [-0.2, -0.15) is 0 Å². The number of hydrogen-bond donors (Lipinski definition) is 0. The van der Waals surface area contributed by atoms with Crippen LogP contribution in [0.4, 0.5) is 10.1 Å². The number of hydrogen-bond acceptors (Lipinski definition) is 3. The summed E-state index contributed by atoms with van der Waals surface area (Å²) >= 11 is 0. The van der Waals surface area contributed by atoms with Crippen LogP contribution in [0.25, 0.3) is 0 Å². The van der Waals surface area contributed by atoms with Gasteiger partial charge in [0.25, 0.3) is 5.91 Å². The molecule has 0 radical (unpaired) electrons. The van der Waals surface area contributed by atoms with E-state index in [1.165, 1.54) is 21.9 Å². The SMILES string of the molecule is CC(C)c1ccc(N2C(=O)CC(N(Cc3ccc(F)cc3)C(=O)CC(C)(C)C)C2=O)cc1. The van der Waals surface area contributed by atoms with Gasteiger partial charge in [-0.15, -0.1) is 0 Å². The number of imide groups is 1. The van der Waals surface area contributed by atoms with Gasteiger partial charge in [-0.1, -0.05) is 58.9 Å². The highest BCUT2D eigenvalue weighted by Crippen LogP contribution is 2.30. The Kier molecular flexibility index (Phi) is 6.82. The number of benzene rings is 2. The number of nitrogens with zero attached hydrogens (tertiary/aromatic N) is 2. The van der Waals surface area contributed by atoms with Crippen molar-refractivity contribution in [2.24, 2.45) is 5.41 Å². The van der Waals surface area contributed by atoms with E-state index in [9.17, 15) is 18.8 Å². The molecule has 2 aromatic carbocycles. The minimum absolute atomic E-state index is 0.0676. The lowest BCUT2D eigenvalue weighted by Gasteiger charge is -2.30. The maximum absolute atomic E-state index is 13.4. The van der Waals surface area contributed by atoms with Crippen LogP contribution in [-0.4, -0.2) is 28.7 Å². The average Bonchev–Trinajstić information content (AvgIpc) is 3.00. The first-order chi connectivity index (χ1) is 15.0. The Morgan fingerprint density at radius 2 is 1.66 bits per heavy atom. The molecule has 0 spiro atoms. The van der Waals surface area contributed by atoms with Gasteiger partial charge in [-0.25, -0.2) is 9.29 Å². The van der Waals surface area contributed by atoms with E-state index in [1.807, 2.05) is 32.9 Å². The van der Waals surface area contributed by atoms with Crippen molar-refractivity contribution in [3.8, 4) is 0 Å². The summed E-state index contributed by atoms with van der Waals surface area (Å²) < 4.78 is 13.4. The molecule has 3 amide bonds. The molecule has 3 rings (SSSR count). The molecule has 1 aliphatic heterocycles. The van der Waals surface area contributed by atoms with Crippen LogP contribution in [0.1, 0.15) is 64.5 Å². The number of rotatable bonds is 6. The van der Waals surface area contributed by atoms with Gasteiger partial charge < -0.3 is 4.90 Å². The van der Waals surface area contributed by atoms with Crippen molar-refractivity contribution in [2.45, 2.75) is 66.0 Å². The topological polar surface area (TPSA) is 57.7 Å². The predicted molar refractivity (Wildman–Crippen MR) is 122 cm³/mol. The molecule has 2 aromatic rings. The maximum atomic E-state index is 13.4. The van der Waals surface area contributed by atoms with E-state index >= 15 is 0 Å². The number of carbonyl (C=O) groups excluding carboxylic acids is 3. The van der Waals surface area contributed by atoms with Gasteiger partial charge in [0.15, 0.2) is 0 Å². The highest BCUT2D eigenvalue weighted by molar-refractivity contribution is 6.23. The Hall–Kier alpha value is -3.02. The Bertz CT molecular complexity index is 991. The fraction of sp³-hybridized carbons (Fsp3) is 0.423.